The van der Waals surface area contributed by atoms with Crippen LogP contribution in [-0.2, 0) is 6.42 Å². The van der Waals surface area contributed by atoms with E-state index in [2.05, 4.69) is 20.9 Å². The lowest BCUT2D eigenvalue weighted by Gasteiger charge is -2.11. The monoisotopic (exact) mass is 313 g/mol. The van der Waals surface area contributed by atoms with Crippen molar-refractivity contribution >= 4 is 15.9 Å². The van der Waals surface area contributed by atoms with Gasteiger partial charge in [-0.15, -0.1) is 0 Å². The van der Waals surface area contributed by atoms with Crippen LogP contribution in [0.25, 0.3) is 0 Å². The Labute approximate surface area is 111 Å². The van der Waals surface area contributed by atoms with Gasteiger partial charge in [0.05, 0.1) is 6.10 Å². The molecule has 0 radical (unpaired) electrons. The summed E-state index contributed by atoms with van der Waals surface area (Å²) in [5.74, 6) is -1.88. The zero-order valence-electron chi connectivity index (χ0n) is 9.28. The number of nitrogens with zero attached hydrogens (tertiary/aromatic N) is 1. The summed E-state index contributed by atoms with van der Waals surface area (Å²) in [5, 5.41) is 9.95. The molecule has 1 atom stereocenters. The number of hydrogen-bond acceptors (Lipinski definition) is 2. The lowest BCUT2D eigenvalue weighted by atomic mass is 10.0. The highest BCUT2D eigenvalue weighted by atomic mass is 79.9. The molecule has 0 saturated heterocycles. The second-order valence-corrected chi connectivity index (χ2v) is 4.82. The zero-order valence-corrected chi connectivity index (χ0v) is 10.9. The van der Waals surface area contributed by atoms with Crippen molar-refractivity contribution in [2.24, 2.45) is 0 Å². The van der Waals surface area contributed by atoms with Crippen molar-refractivity contribution in [2.75, 3.05) is 0 Å². The minimum Gasteiger partial charge on any atom is -0.388 e. The van der Waals surface area contributed by atoms with Crippen LogP contribution in [0.2, 0.25) is 0 Å². The fraction of sp³-hybridized carbons (Fsp3) is 0.154. The zero-order chi connectivity index (χ0) is 13.1. The predicted molar refractivity (Wildman–Crippen MR) is 67.0 cm³/mol. The van der Waals surface area contributed by atoms with Gasteiger partial charge in [0.15, 0.2) is 11.6 Å². The maximum Gasteiger partial charge on any atom is 0.159 e. The van der Waals surface area contributed by atoms with Crippen LogP contribution in [0.15, 0.2) is 41.1 Å². The van der Waals surface area contributed by atoms with E-state index in [1.165, 1.54) is 6.07 Å². The molecular weight excluding hydrogens is 304 g/mol. The molecule has 0 aliphatic carbocycles. The predicted octanol–water partition coefficient (Wildman–Crippen LogP) is 3.40. The lowest BCUT2D eigenvalue weighted by molar-refractivity contribution is 0.177. The molecule has 0 amide bonds. The van der Waals surface area contributed by atoms with Gasteiger partial charge in [0.1, 0.15) is 0 Å². The van der Waals surface area contributed by atoms with Crippen molar-refractivity contribution < 1.29 is 13.9 Å². The normalized spacial score (nSPS) is 12.4. The number of benzene rings is 1. The van der Waals surface area contributed by atoms with E-state index in [9.17, 15) is 13.9 Å². The second-order valence-electron chi connectivity index (χ2n) is 3.90. The smallest absolute Gasteiger partial charge is 0.159 e. The Balaban J connectivity index is 2.16. The van der Waals surface area contributed by atoms with Crippen LogP contribution in [0.5, 0.6) is 0 Å². The average molecular weight is 314 g/mol. The molecule has 5 heteroatoms. The Morgan fingerprint density at radius 3 is 2.61 bits per heavy atom. The summed E-state index contributed by atoms with van der Waals surface area (Å²) in [5.41, 5.74) is 1.15. The summed E-state index contributed by atoms with van der Waals surface area (Å²) in [4.78, 5) is 3.97. The number of halogens is 3. The summed E-state index contributed by atoms with van der Waals surface area (Å²) in [6.07, 6.45) is 2.65. The summed E-state index contributed by atoms with van der Waals surface area (Å²) < 4.78 is 26.6. The lowest BCUT2D eigenvalue weighted by Crippen LogP contribution is -2.03. The van der Waals surface area contributed by atoms with Crippen LogP contribution in [0.3, 0.4) is 0 Å². The van der Waals surface area contributed by atoms with Gasteiger partial charge >= 0.3 is 0 Å². The van der Waals surface area contributed by atoms with Crippen LogP contribution in [0, 0.1) is 11.6 Å². The molecule has 0 aliphatic heterocycles. The molecule has 18 heavy (non-hydrogen) atoms. The van der Waals surface area contributed by atoms with Crippen molar-refractivity contribution in [1.82, 2.24) is 4.98 Å². The van der Waals surface area contributed by atoms with Gasteiger partial charge < -0.3 is 5.11 Å². The van der Waals surface area contributed by atoms with Crippen LogP contribution >= 0.6 is 15.9 Å². The quantitative estimate of drug-likeness (QED) is 0.942. The number of pyridine rings is 1. The van der Waals surface area contributed by atoms with E-state index in [0.717, 1.165) is 22.2 Å². The van der Waals surface area contributed by atoms with Gasteiger partial charge in [0.2, 0.25) is 0 Å². The molecule has 0 aliphatic rings. The van der Waals surface area contributed by atoms with E-state index in [-0.39, 0.29) is 6.42 Å². The Hall–Kier alpha value is -1.33. The minimum atomic E-state index is -0.959. The number of aromatic nitrogens is 1. The van der Waals surface area contributed by atoms with Crippen LogP contribution < -0.4 is 0 Å². The molecule has 2 aromatic rings. The Morgan fingerprint density at radius 2 is 1.94 bits per heavy atom. The van der Waals surface area contributed by atoms with Crippen molar-refractivity contribution in [3.63, 3.8) is 0 Å². The SMILES string of the molecule is OC(Cc1cncc(Br)c1)c1ccc(F)c(F)c1. The molecule has 0 saturated carbocycles. The Bertz CT molecular complexity index is 562. The van der Waals surface area contributed by atoms with E-state index in [1.807, 2.05) is 6.07 Å². The second kappa shape index (κ2) is 5.54. The van der Waals surface area contributed by atoms with Crippen molar-refractivity contribution in [3.8, 4) is 0 Å². The first-order chi connectivity index (χ1) is 8.56. The topological polar surface area (TPSA) is 33.1 Å². The van der Waals surface area contributed by atoms with Gasteiger partial charge in [-0.25, -0.2) is 8.78 Å². The van der Waals surface area contributed by atoms with Crippen LogP contribution in [-0.4, -0.2) is 10.1 Å². The molecule has 2 nitrogen and oxygen atoms in total. The van der Waals surface area contributed by atoms with E-state index in [4.69, 9.17) is 0 Å². The summed E-state index contributed by atoms with van der Waals surface area (Å²) in [7, 11) is 0. The van der Waals surface area contributed by atoms with E-state index in [0.29, 0.717) is 5.56 Å². The Morgan fingerprint density at radius 1 is 1.17 bits per heavy atom. The minimum absolute atomic E-state index is 0.289. The molecule has 1 aromatic heterocycles. The molecule has 1 aromatic carbocycles. The summed E-state index contributed by atoms with van der Waals surface area (Å²) in [6.45, 7) is 0. The first kappa shape index (κ1) is 13.1. The maximum absolute atomic E-state index is 13.0. The van der Waals surface area contributed by atoms with Crippen LogP contribution in [0.1, 0.15) is 17.2 Å². The third-order valence-corrected chi connectivity index (χ3v) is 2.95. The molecule has 1 heterocycles. The molecule has 0 fully saturated rings. The largest absolute Gasteiger partial charge is 0.388 e. The third-order valence-electron chi connectivity index (χ3n) is 2.52. The van der Waals surface area contributed by atoms with Gasteiger partial charge in [-0.3, -0.25) is 4.98 Å². The number of rotatable bonds is 3. The summed E-state index contributed by atoms with van der Waals surface area (Å²) in [6, 6.07) is 5.20. The fourth-order valence-electron chi connectivity index (χ4n) is 1.63. The molecule has 1 unspecified atom stereocenters. The maximum atomic E-state index is 13.0. The first-order valence-corrected chi connectivity index (χ1v) is 6.08. The highest BCUT2D eigenvalue weighted by molar-refractivity contribution is 9.10. The average Bonchev–Trinajstić information content (AvgIpc) is 2.32. The number of aliphatic hydroxyl groups excluding tert-OH is 1. The molecule has 0 spiro atoms. The number of hydrogen-bond donors (Lipinski definition) is 1. The fourth-order valence-corrected chi connectivity index (χ4v) is 2.04. The first-order valence-electron chi connectivity index (χ1n) is 5.28. The highest BCUT2D eigenvalue weighted by Gasteiger charge is 2.12. The van der Waals surface area contributed by atoms with E-state index in [1.54, 1.807) is 12.4 Å². The van der Waals surface area contributed by atoms with Crippen LogP contribution in [0.4, 0.5) is 8.78 Å². The van der Waals surface area contributed by atoms with Crippen molar-refractivity contribution in [1.29, 1.82) is 0 Å². The molecule has 2 rings (SSSR count). The van der Waals surface area contributed by atoms with Crippen molar-refractivity contribution in [2.45, 2.75) is 12.5 Å². The van der Waals surface area contributed by atoms with Gasteiger partial charge in [-0.2, -0.15) is 0 Å². The molecule has 94 valence electrons. The van der Waals surface area contributed by atoms with Crippen molar-refractivity contribution in [3.05, 3.63) is 63.9 Å². The van der Waals surface area contributed by atoms with Gasteiger partial charge in [-0.1, -0.05) is 6.07 Å². The number of aliphatic hydroxyl groups is 1. The molecule has 0 bridgehead atoms. The Kier molecular flexibility index (Phi) is 4.04. The molecule has 1 N–H and O–H groups in total. The highest BCUT2D eigenvalue weighted by Crippen LogP contribution is 2.21. The standard InChI is InChI=1S/C13H10BrF2NO/c14-10-3-8(6-17-7-10)4-13(18)9-1-2-11(15)12(16)5-9/h1-3,5-7,13,18H,4H2. The van der Waals surface area contributed by atoms with Gasteiger partial charge in [0, 0.05) is 23.3 Å². The molecular formula is C13H10BrF2NO. The van der Waals surface area contributed by atoms with Gasteiger partial charge in [-0.05, 0) is 45.3 Å². The van der Waals surface area contributed by atoms with E-state index >= 15 is 0 Å². The third kappa shape index (κ3) is 3.11. The van der Waals surface area contributed by atoms with Gasteiger partial charge in [0.25, 0.3) is 0 Å². The summed E-state index contributed by atoms with van der Waals surface area (Å²) >= 11 is 3.28. The van der Waals surface area contributed by atoms with E-state index < -0.39 is 17.7 Å².